The summed E-state index contributed by atoms with van der Waals surface area (Å²) in [5.74, 6) is 0.216. The van der Waals surface area contributed by atoms with E-state index < -0.39 is 0 Å². The quantitative estimate of drug-likeness (QED) is 0.722. The second-order valence-corrected chi connectivity index (χ2v) is 6.42. The van der Waals surface area contributed by atoms with E-state index in [0.29, 0.717) is 5.16 Å². The van der Waals surface area contributed by atoms with Crippen molar-refractivity contribution in [1.29, 1.82) is 0 Å². The first-order valence-corrected chi connectivity index (χ1v) is 8.57. The van der Waals surface area contributed by atoms with Crippen molar-refractivity contribution in [3.05, 3.63) is 66.0 Å². The van der Waals surface area contributed by atoms with Gasteiger partial charge in [0.15, 0.2) is 5.16 Å². The van der Waals surface area contributed by atoms with Crippen LogP contribution in [0.3, 0.4) is 0 Å². The van der Waals surface area contributed by atoms with E-state index in [-0.39, 0.29) is 11.7 Å². The Labute approximate surface area is 145 Å². The van der Waals surface area contributed by atoms with Gasteiger partial charge in [0.2, 0.25) is 5.91 Å². The fourth-order valence-corrected chi connectivity index (χ4v) is 3.09. The largest absolute Gasteiger partial charge is 0.325 e. The number of para-hydroxylation sites is 1. The molecule has 1 heterocycles. The topological polar surface area (TPSA) is 59.8 Å². The summed E-state index contributed by atoms with van der Waals surface area (Å²) in [6, 6.07) is 15.8. The standard InChI is InChI=1S/C18H18N4OS/c1-13-8-9-16(14(2)10-13)20-17(23)11-24-18-21-19-12-22(18)15-6-4-3-5-7-15/h3-10,12H,11H2,1-2H3,(H,20,23). The van der Waals surface area contributed by atoms with Crippen molar-refractivity contribution >= 4 is 23.4 Å². The van der Waals surface area contributed by atoms with Gasteiger partial charge >= 0.3 is 0 Å². The maximum atomic E-state index is 12.2. The van der Waals surface area contributed by atoms with Crippen molar-refractivity contribution in [3.63, 3.8) is 0 Å². The third-order valence-electron chi connectivity index (χ3n) is 3.54. The van der Waals surface area contributed by atoms with Crippen LogP contribution in [0.1, 0.15) is 11.1 Å². The SMILES string of the molecule is Cc1ccc(NC(=O)CSc2nncn2-c2ccccc2)c(C)c1. The van der Waals surface area contributed by atoms with E-state index in [1.54, 1.807) is 6.33 Å². The van der Waals surface area contributed by atoms with Crippen molar-refractivity contribution in [3.8, 4) is 5.69 Å². The number of hydrogen-bond donors (Lipinski definition) is 1. The summed E-state index contributed by atoms with van der Waals surface area (Å²) in [6.45, 7) is 4.02. The number of aromatic nitrogens is 3. The molecule has 0 aliphatic rings. The van der Waals surface area contributed by atoms with Crippen LogP contribution in [0.2, 0.25) is 0 Å². The predicted molar refractivity (Wildman–Crippen MR) is 96.6 cm³/mol. The van der Waals surface area contributed by atoms with Crippen LogP contribution in [0.4, 0.5) is 5.69 Å². The van der Waals surface area contributed by atoms with Crippen LogP contribution < -0.4 is 5.32 Å². The Bertz CT molecular complexity index is 845. The van der Waals surface area contributed by atoms with Gasteiger partial charge in [0.25, 0.3) is 0 Å². The Morgan fingerprint density at radius 2 is 1.96 bits per heavy atom. The Balaban J connectivity index is 1.64. The van der Waals surface area contributed by atoms with Crippen LogP contribution in [-0.2, 0) is 4.79 Å². The lowest BCUT2D eigenvalue weighted by atomic mass is 10.1. The predicted octanol–water partition coefficient (Wildman–Crippen LogP) is 3.61. The molecule has 0 aliphatic carbocycles. The van der Waals surface area contributed by atoms with E-state index in [1.165, 1.54) is 17.3 Å². The highest BCUT2D eigenvalue weighted by Crippen LogP contribution is 2.20. The molecule has 2 aromatic carbocycles. The number of aryl methyl sites for hydroxylation is 2. The summed E-state index contributed by atoms with van der Waals surface area (Å²) in [5.41, 5.74) is 4.05. The zero-order chi connectivity index (χ0) is 16.9. The molecule has 0 atom stereocenters. The molecular formula is C18H18N4OS. The molecule has 1 N–H and O–H groups in total. The normalized spacial score (nSPS) is 10.6. The molecule has 6 heteroatoms. The molecule has 0 unspecified atom stereocenters. The number of amides is 1. The van der Waals surface area contributed by atoms with Gasteiger partial charge in [0.1, 0.15) is 6.33 Å². The number of thioether (sulfide) groups is 1. The summed E-state index contributed by atoms with van der Waals surface area (Å²) in [6.07, 6.45) is 1.65. The highest BCUT2D eigenvalue weighted by molar-refractivity contribution is 7.99. The van der Waals surface area contributed by atoms with Crippen LogP contribution in [0.5, 0.6) is 0 Å². The fraction of sp³-hybridized carbons (Fsp3) is 0.167. The molecule has 1 amide bonds. The zero-order valence-electron chi connectivity index (χ0n) is 13.6. The number of carbonyl (C=O) groups excluding carboxylic acids is 1. The van der Waals surface area contributed by atoms with Crippen molar-refractivity contribution in [1.82, 2.24) is 14.8 Å². The molecule has 0 saturated heterocycles. The first-order valence-electron chi connectivity index (χ1n) is 7.59. The van der Waals surface area contributed by atoms with E-state index in [1.807, 2.05) is 60.9 Å². The number of anilines is 1. The van der Waals surface area contributed by atoms with Gasteiger partial charge in [-0.15, -0.1) is 10.2 Å². The Kier molecular flexibility index (Phi) is 4.96. The minimum Gasteiger partial charge on any atom is -0.325 e. The van der Waals surface area contributed by atoms with E-state index in [9.17, 15) is 4.79 Å². The van der Waals surface area contributed by atoms with E-state index in [2.05, 4.69) is 21.6 Å². The Morgan fingerprint density at radius 1 is 1.17 bits per heavy atom. The van der Waals surface area contributed by atoms with Gasteiger partial charge in [-0.1, -0.05) is 47.7 Å². The van der Waals surface area contributed by atoms with Crippen molar-refractivity contribution in [2.45, 2.75) is 19.0 Å². The van der Waals surface area contributed by atoms with Gasteiger partial charge in [-0.3, -0.25) is 9.36 Å². The van der Waals surface area contributed by atoms with E-state index in [4.69, 9.17) is 0 Å². The average Bonchev–Trinajstić information content (AvgIpc) is 3.05. The molecule has 0 aliphatic heterocycles. The number of rotatable bonds is 5. The lowest BCUT2D eigenvalue weighted by Crippen LogP contribution is -2.15. The van der Waals surface area contributed by atoms with Gasteiger partial charge in [-0.05, 0) is 37.6 Å². The zero-order valence-corrected chi connectivity index (χ0v) is 14.4. The lowest BCUT2D eigenvalue weighted by molar-refractivity contribution is -0.113. The van der Waals surface area contributed by atoms with Crippen molar-refractivity contribution < 1.29 is 4.79 Å². The first-order chi connectivity index (χ1) is 11.6. The Morgan fingerprint density at radius 3 is 2.71 bits per heavy atom. The lowest BCUT2D eigenvalue weighted by Gasteiger charge is -2.09. The van der Waals surface area contributed by atoms with Crippen LogP contribution in [0.15, 0.2) is 60.0 Å². The first kappa shape index (κ1) is 16.3. The van der Waals surface area contributed by atoms with Crippen molar-refractivity contribution in [2.75, 3.05) is 11.1 Å². The van der Waals surface area contributed by atoms with E-state index in [0.717, 1.165) is 16.9 Å². The number of nitrogens with one attached hydrogen (secondary N) is 1. The van der Waals surface area contributed by atoms with Crippen LogP contribution in [0.25, 0.3) is 5.69 Å². The molecule has 0 fully saturated rings. The molecule has 5 nitrogen and oxygen atoms in total. The number of nitrogens with zero attached hydrogens (tertiary/aromatic N) is 3. The maximum Gasteiger partial charge on any atom is 0.234 e. The minimum atomic E-state index is -0.0606. The summed E-state index contributed by atoms with van der Waals surface area (Å²) in [4.78, 5) is 12.2. The van der Waals surface area contributed by atoms with Gasteiger partial charge in [0, 0.05) is 11.4 Å². The maximum absolute atomic E-state index is 12.2. The summed E-state index contributed by atoms with van der Waals surface area (Å²) < 4.78 is 1.87. The third-order valence-corrected chi connectivity index (χ3v) is 4.48. The number of hydrogen-bond acceptors (Lipinski definition) is 4. The highest BCUT2D eigenvalue weighted by Gasteiger charge is 2.11. The molecule has 1 aromatic heterocycles. The van der Waals surface area contributed by atoms with Crippen LogP contribution >= 0.6 is 11.8 Å². The number of carbonyl (C=O) groups is 1. The highest BCUT2D eigenvalue weighted by atomic mass is 32.2. The van der Waals surface area contributed by atoms with E-state index >= 15 is 0 Å². The summed E-state index contributed by atoms with van der Waals surface area (Å²) >= 11 is 1.36. The third kappa shape index (κ3) is 3.83. The van der Waals surface area contributed by atoms with Crippen molar-refractivity contribution in [2.24, 2.45) is 0 Å². The fourth-order valence-electron chi connectivity index (χ4n) is 2.36. The summed E-state index contributed by atoms with van der Waals surface area (Å²) in [7, 11) is 0. The molecule has 3 rings (SSSR count). The molecule has 0 spiro atoms. The average molecular weight is 338 g/mol. The van der Waals surface area contributed by atoms with Gasteiger partial charge < -0.3 is 5.32 Å². The Hall–Kier alpha value is -2.60. The molecule has 122 valence electrons. The number of benzene rings is 2. The van der Waals surface area contributed by atoms with Gasteiger partial charge in [-0.2, -0.15) is 0 Å². The van der Waals surface area contributed by atoms with Crippen LogP contribution in [-0.4, -0.2) is 26.4 Å². The monoisotopic (exact) mass is 338 g/mol. The van der Waals surface area contributed by atoms with Gasteiger partial charge in [-0.25, -0.2) is 0 Å². The van der Waals surface area contributed by atoms with Crippen LogP contribution in [0, 0.1) is 13.8 Å². The molecule has 0 radical (unpaired) electrons. The molecule has 0 bridgehead atoms. The second-order valence-electron chi connectivity index (χ2n) is 5.47. The summed E-state index contributed by atoms with van der Waals surface area (Å²) in [5, 5.41) is 11.7. The second kappa shape index (κ2) is 7.31. The van der Waals surface area contributed by atoms with Gasteiger partial charge in [0.05, 0.1) is 5.75 Å². The molecule has 3 aromatic rings. The molecular weight excluding hydrogens is 320 g/mol. The molecule has 0 saturated carbocycles. The minimum absolute atomic E-state index is 0.0606. The smallest absolute Gasteiger partial charge is 0.234 e. The molecule has 24 heavy (non-hydrogen) atoms.